The van der Waals surface area contributed by atoms with Crippen LogP contribution in [0.25, 0.3) is 0 Å². The zero-order valence-corrected chi connectivity index (χ0v) is 48.1. The van der Waals surface area contributed by atoms with E-state index < -0.39 is 17.1 Å². The zero-order chi connectivity index (χ0) is 44.5. The summed E-state index contributed by atoms with van der Waals surface area (Å²) in [5.74, 6) is 2.04. The van der Waals surface area contributed by atoms with Gasteiger partial charge in [0.2, 0.25) is 0 Å². The third-order valence-corrected chi connectivity index (χ3v) is 12.4. The van der Waals surface area contributed by atoms with E-state index in [1.54, 1.807) is 0 Å². The molecule has 0 bridgehead atoms. The first kappa shape index (κ1) is 65.1. The standard InChI is InChI=1S/3C15H25O2PS2.Mo.H2S/c3*1-2-3-4-5-6-7-8-11-14-12-9-10-13-15(14)17-18(16,19)20;;/h3*9-10,12-13H,2-8,11H2,1H3,(H2,16,19,20);;1H2. The van der Waals surface area contributed by atoms with Crippen LogP contribution < -0.4 is 13.6 Å². The molecule has 356 valence electrons. The predicted octanol–water partition coefficient (Wildman–Crippen LogP) is 16.6. The van der Waals surface area contributed by atoms with Crippen LogP contribution in [-0.4, -0.2) is 14.7 Å². The molecule has 62 heavy (non-hydrogen) atoms. The van der Waals surface area contributed by atoms with E-state index in [0.29, 0.717) is 17.2 Å². The number of aryl methyl sites for hydroxylation is 3. The monoisotopic (exact) mass is 1130 g/mol. The first-order valence-electron chi connectivity index (χ1n) is 22.1. The van der Waals surface area contributed by atoms with Crippen molar-refractivity contribution in [2.24, 2.45) is 0 Å². The van der Waals surface area contributed by atoms with Gasteiger partial charge in [-0.1, -0.05) is 228 Å². The zero-order valence-electron chi connectivity index (χ0n) is 37.3. The van der Waals surface area contributed by atoms with Crippen LogP contribution in [0.2, 0.25) is 0 Å². The molecule has 0 aliphatic heterocycles. The van der Waals surface area contributed by atoms with Crippen LogP contribution in [0.5, 0.6) is 17.2 Å². The summed E-state index contributed by atoms with van der Waals surface area (Å²) < 4.78 is 16.2. The molecule has 0 aromatic heterocycles. The minimum atomic E-state index is -2.94. The van der Waals surface area contributed by atoms with Crippen LogP contribution in [0.4, 0.5) is 0 Å². The third kappa shape index (κ3) is 38.0. The van der Waals surface area contributed by atoms with Gasteiger partial charge < -0.3 is 28.3 Å². The Balaban J connectivity index is 0. The molecule has 3 rings (SSSR count). The van der Waals surface area contributed by atoms with Crippen molar-refractivity contribution < 1.29 is 49.3 Å². The van der Waals surface area contributed by atoms with E-state index in [9.17, 15) is 14.7 Å². The van der Waals surface area contributed by atoms with Crippen LogP contribution in [0, 0.1) is 0 Å². The Hall–Kier alpha value is 0.978. The molecule has 3 aromatic carbocycles. The molecule has 0 aliphatic rings. The maximum Gasteiger partial charge on any atom is 0.291 e. The van der Waals surface area contributed by atoms with Gasteiger partial charge in [-0.25, -0.2) is 0 Å². The van der Waals surface area contributed by atoms with E-state index in [0.717, 1.165) is 55.2 Å². The topological polar surface area (TPSA) is 88.4 Å². The summed E-state index contributed by atoms with van der Waals surface area (Å²) in [6, 6.07) is 23.3. The minimum Gasteiger partial charge on any atom is -0.436 e. The van der Waals surface area contributed by atoms with Gasteiger partial charge in [0.25, 0.3) is 17.1 Å². The Labute approximate surface area is 429 Å². The summed E-state index contributed by atoms with van der Waals surface area (Å²) in [5.41, 5.74) is -5.50. The number of para-hydroxylation sites is 3. The SMILES string of the molecule is CCCCCCCCCc1ccccc1OP(O)(=S)S.CCCCCCCCCc1ccccc1OP(O)(=S)S.CCCCCCCCCc1ccccc1OP(O)(=S)S.S.[Mo]. The van der Waals surface area contributed by atoms with Gasteiger partial charge in [-0.05, 0) is 109 Å². The summed E-state index contributed by atoms with van der Waals surface area (Å²) in [5, 5.41) is 0. The number of benzene rings is 3. The minimum absolute atomic E-state index is 0. The molecule has 17 heteroatoms. The maximum absolute atomic E-state index is 9.56. The van der Waals surface area contributed by atoms with E-state index in [-0.39, 0.29) is 34.6 Å². The van der Waals surface area contributed by atoms with Crippen LogP contribution in [0.15, 0.2) is 72.8 Å². The summed E-state index contributed by atoms with van der Waals surface area (Å²) in [7, 11) is 0. The van der Waals surface area contributed by atoms with Crippen LogP contribution in [-0.2, 0) is 75.7 Å². The molecule has 0 saturated carbocycles. The predicted molar refractivity (Wildman–Crippen MR) is 293 cm³/mol. The van der Waals surface area contributed by atoms with Gasteiger partial charge >= 0.3 is 0 Å². The second-order valence-corrected chi connectivity index (χ2v) is 30.4. The molecule has 0 fully saturated rings. The van der Waals surface area contributed by atoms with Gasteiger partial charge in [0.05, 0.1) is 0 Å². The fourth-order valence-electron chi connectivity index (χ4n) is 6.60. The average Bonchev–Trinajstić information content (AvgIpc) is 3.17. The van der Waals surface area contributed by atoms with Crippen LogP contribution >= 0.6 is 67.3 Å². The number of hydrogen-bond donors (Lipinski definition) is 6. The number of thiol groups is 3. The molecular formula is C45H77MoO6P3S7. The Kier molecular flexibility index (Phi) is 41.9. The van der Waals surface area contributed by atoms with Crippen molar-refractivity contribution in [2.75, 3.05) is 0 Å². The van der Waals surface area contributed by atoms with Gasteiger partial charge in [0.15, 0.2) is 0 Å². The maximum atomic E-state index is 9.56. The molecule has 0 aliphatic carbocycles. The normalized spacial score (nSPS) is 13.5. The molecule has 0 amide bonds. The molecule has 3 N–H and O–H groups in total. The third-order valence-electron chi connectivity index (χ3n) is 9.72. The molecule has 3 unspecified atom stereocenters. The number of unbranched alkanes of at least 4 members (excludes halogenated alkanes) is 18. The van der Waals surface area contributed by atoms with E-state index in [2.05, 4.69) is 57.5 Å². The summed E-state index contributed by atoms with van der Waals surface area (Å²) >= 11 is 26.3. The second kappa shape index (κ2) is 39.9. The van der Waals surface area contributed by atoms with Gasteiger partial charge in [0.1, 0.15) is 17.2 Å². The van der Waals surface area contributed by atoms with Crippen molar-refractivity contribution >= 4 is 103 Å². The van der Waals surface area contributed by atoms with Gasteiger partial charge in [-0.2, -0.15) is 13.5 Å². The van der Waals surface area contributed by atoms with E-state index in [1.165, 1.54) is 116 Å². The van der Waals surface area contributed by atoms with E-state index >= 15 is 0 Å². The van der Waals surface area contributed by atoms with Crippen molar-refractivity contribution in [1.82, 2.24) is 0 Å². The summed E-state index contributed by atoms with van der Waals surface area (Å²) in [6.07, 6.45) is 29.9. The van der Waals surface area contributed by atoms with Crippen molar-refractivity contribution in [3.63, 3.8) is 0 Å². The molecular weight excluding hydrogens is 1050 g/mol. The quantitative estimate of drug-likeness (QED) is 0.0169. The van der Waals surface area contributed by atoms with Crippen molar-refractivity contribution in [1.29, 1.82) is 0 Å². The Morgan fingerprint density at radius 3 is 0.790 bits per heavy atom. The van der Waals surface area contributed by atoms with Gasteiger partial charge in [0, 0.05) is 21.1 Å². The molecule has 3 aromatic rings. The molecule has 0 radical (unpaired) electrons. The second-order valence-electron chi connectivity index (χ2n) is 15.2. The van der Waals surface area contributed by atoms with Crippen LogP contribution in [0.3, 0.4) is 0 Å². The average molecular weight is 1130 g/mol. The van der Waals surface area contributed by atoms with E-state index in [4.69, 9.17) is 49.0 Å². The summed E-state index contributed by atoms with van der Waals surface area (Å²) in [6.45, 7) is 6.71. The molecule has 3 atom stereocenters. The van der Waals surface area contributed by atoms with E-state index in [1.807, 2.05) is 72.8 Å². The number of rotatable bonds is 30. The van der Waals surface area contributed by atoms with Gasteiger partial charge in [-0.3, -0.25) is 0 Å². The molecule has 6 nitrogen and oxygen atoms in total. The molecule has 0 heterocycles. The fourth-order valence-corrected chi connectivity index (χ4v) is 9.42. The van der Waals surface area contributed by atoms with Crippen LogP contribution in [0.1, 0.15) is 172 Å². The largest absolute Gasteiger partial charge is 0.436 e. The molecule has 0 spiro atoms. The Morgan fingerprint density at radius 1 is 0.387 bits per heavy atom. The first-order valence-corrected chi connectivity index (χ1v) is 33.5. The Morgan fingerprint density at radius 2 is 0.581 bits per heavy atom. The number of hydrogen-bond acceptors (Lipinski definition) is 6. The summed E-state index contributed by atoms with van der Waals surface area (Å²) in [4.78, 5) is 28.7. The van der Waals surface area contributed by atoms with Gasteiger partial charge in [-0.15, -0.1) is 0 Å². The Bertz CT molecular complexity index is 1500. The fraction of sp³-hybridized carbons (Fsp3) is 0.600. The van der Waals surface area contributed by atoms with Crippen molar-refractivity contribution in [3.05, 3.63) is 89.5 Å². The smallest absolute Gasteiger partial charge is 0.291 e. The van der Waals surface area contributed by atoms with Crippen molar-refractivity contribution in [3.8, 4) is 17.2 Å². The van der Waals surface area contributed by atoms with Crippen molar-refractivity contribution in [2.45, 2.75) is 175 Å². The molecule has 0 saturated heterocycles. The first-order chi connectivity index (χ1) is 28.6.